The third-order valence-corrected chi connectivity index (χ3v) is 3.28. The number of hydrogen-bond acceptors (Lipinski definition) is 7. The Kier molecular flexibility index (Phi) is 3.34. The quantitative estimate of drug-likeness (QED) is 0.825. The standard InChI is InChI=1S/C9H12N2O4S2/c1-9(2)14-5-6(15-9)4-13-8-10-7(11-16-8)17(3)12/h5H,4H2,1-3H3. The van der Waals surface area contributed by atoms with Gasteiger partial charge in [0.25, 0.3) is 5.19 Å². The largest absolute Gasteiger partial charge is 0.461 e. The summed E-state index contributed by atoms with van der Waals surface area (Å²) in [6.45, 7) is 3.83. The Hall–Kier alpha value is -1.15. The van der Waals surface area contributed by atoms with Gasteiger partial charge in [0.15, 0.2) is 12.4 Å². The van der Waals surface area contributed by atoms with E-state index in [1.54, 1.807) is 13.8 Å². The number of ether oxygens (including phenoxy) is 3. The van der Waals surface area contributed by atoms with E-state index in [1.807, 2.05) is 0 Å². The molecule has 8 heteroatoms. The molecule has 1 unspecified atom stereocenters. The highest BCUT2D eigenvalue weighted by molar-refractivity contribution is 7.84. The summed E-state index contributed by atoms with van der Waals surface area (Å²) in [5.41, 5.74) is 0. The molecule has 0 radical (unpaired) electrons. The molecule has 1 aliphatic rings. The highest BCUT2D eigenvalue weighted by Crippen LogP contribution is 2.25. The molecular weight excluding hydrogens is 264 g/mol. The maximum absolute atomic E-state index is 11.1. The van der Waals surface area contributed by atoms with Crippen molar-refractivity contribution in [3.63, 3.8) is 0 Å². The second-order valence-corrected chi connectivity index (χ2v) is 5.78. The second-order valence-electron chi connectivity index (χ2n) is 3.79. The Labute approximate surface area is 105 Å². The number of nitrogens with zero attached hydrogens (tertiary/aromatic N) is 2. The van der Waals surface area contributed by atoms with Crippen LogP contribution in [0.1, 0.15) is 13.8 Å². The average molecular weight is 276 g/mol. The van der Waals surface area contributed by atoms with Crippen molar-refractivity contribution in [3.05, 3.63) is 12.0 Å². The van der Waals surface area contributed by atoms with E-state index in [9.17, 15) is 4.21 Å². The van der Waals surface area contributed by atoms with Gasteiger partial charge in [0.05, 0.1) is 10.8 Å². The third-order valence-electron chi connectivity index (χ3n) is 1.83. The van der Waals surface area contributed by atoms with Gasteiger partial charge in [-0.25, -0.2) is 0 Å². The lowest BCUT2D eigenvalue weighted by atomic mass is 10.4. The van der Waals surface area contributed by atoms with E-state index in [-0.39, 0.29) is 11.8 Å². The summed E-state index contributed by atoms with van der Waals surface area (Å²) in [4.78, 5) is 3.97. The van der Waals surface area contributed by atoms with Gasteiger partial charge in [0, 0.05) is 31.6 Å². The van der Waals surface area contributed by atoms with E-state index < -0.39 is 16.6 Å². The van der Waals surface area contributed by atoms with E-state index in [4.69, 9.17) is 14.2 Å². The van der Waals surface area contributed by atoms with Gasteiger partial charge in [-0.15, -0.1) is 0 Å². The molecule has 1 aromatic rings. The van der Waals surface area contributed by atoms with Crippen LogP contribution < -0.4 is 4.74 Å². The maximum Gasteiger partial charge on any atom is 0.294 e. The second kappa shape index (κ2) is 4.61. The van der Waals surface area contributed by atoms with Crippen LogP contribution in [0.2, 0.25) is 0 Å². The molecular formula is C9H12N2O4S2. The van der Waals surface area contributed by atoms with Crippen molar-refractivity contribution in [2.45, 2.75) is 24.8 Å². The first-order chi connectivity index (χ1) is 7.96. The number of rotatable bonds is 4. The van der Waals surface area contributed by atoms with Crippen LogP contribution in [0.5, 0.6) is 5.19 Å². The van der Waals surface area contributed by atoms with Crippen LogP contribution >= 0.6 is 11.5 Å². The molecule has 0 aliphatic carbocycles. The molecule has 0 N–H and O–H groups in total. The summed E-state index contributed by atoms with van der Waals surface area (Å²) in [6, 6.07) is 0. The van der Waals surface area contributed by atoms with Gasteiger partial charge < -0.3 is 14.2 Å². The molecule has 2 rings (SSSR count). The van der Waals surface area contributed by atoms with Gasteiger partial charge in [-0.3, -0.25) is 4.21 Å². The lowest BCUT2D eigenvalue weighted by molar-refractivity contribution is -0.119. The summed E-state index contributed by atoms with van der Waals surface area (Å²) >= 11 is 1.06. The van der Waals surface area contributed by atoms with Crippen molar-refractivity contribution in [2.75, 3.05) is 12.9 Å². The van der Waals surface area contributed by atoms with Crippen LogP contribution in [0.3, 0.4) is 0 Å². The first-order valence-corrected chi connectivity index (χ1v) is 7.15. The summed E-state index contributed by atoms with van der Waals surface area (Å²) in [5.74, 6) is -0.0556. The van der Waals surface area contributed by atoms with E-state index in [1.165, 1.54) is 12.5 Å². The minimum absolute atomic E-state index is 0.217. The molecule has 6 nitrogen and oxygen atoms in total. The van der Waals surface area contributed by atoms with Gasteiger partial charge in [0.2, 0.25) is 10.9 Å². The Bertz CT molecular complexity index is 469. The van der Waals surface area contributed by atoms with Crippen LogP contribution in [0.25, 0.3) is 0 Å². The molecule has 2 heterocycles. The normalized spacial score (nSPS) is 19.1. The minimum Gasteiger partial charge on any atom is -0.461 e. The first kappa shape index (κ1) is 12.3. The lowest BCUT2D eigenvalue weighted by Crippen LogP contribution is -2.21. The molecule has 1 aliphatic heterocycles. The first-order valence-electron chi connectivity index (χ1n) is 4.82. The van der Waals surface area contributed by atoms with E-state index in [0.29, 0.717) is 11.0 Å². The Morgan fingerprint density at radius 1 is 1.59 bits per heavy atom. The molecule has 0 spiro atoms. The average Bonchev–Trinajstić information content (AvgIpc) is 2.81. The van der Waals surface area contributed by atoms with Crippen molar-refractivity contribution < 1.29 is 18.4 Å². The minimum atomic E-state index is -1.19. The highest BCUT2D eigenvalue weighted by atomic mass is 32.2. The molecule has 0 amide bonds. The highest BCUT2D eigenvalue weighted by Gasteiger charge is 2.27. The van der Waals surface area contributed by atoms with Gasteiger partial charge in [-0.05, 0) is 0 Å². The molecule has 0 fully saturated rings. The van der Waals surface area contributed by atoms with E-state index in [2.05, 4.69) is 9.36 Å². The van der Waals surface area contributed by atoms with E-state index in [0.717, 1.165) is 11.5 Å². The monoisotopic (exact) mass is 276 g/mol. The summed E-state index contributed by atoms with van der Waals surface area (Å²) in [6.07, 6.45) is 3.03. The molecule has 1 atom stereocenters. The van der Waals surface area contributed by atoms with E-state index >= 15 is 0 Å². The number of aromatic nitrogens is 2. The van der Waals surface area contributed by atoms with Crippen molar-refractivity contribution in [1.29, 1.82) is 0 Å². The molecule has 0 saturated carbocycles. The Morgan fingerprint density at radius 2 is 2.35 bits per heavy atom. The fraction of sp³-hybridized carbons (Fsp3) is 0.556. The van der Waals surface area contributed by atoms with Gasteiger partial charge >= 0.3 is 0 Å². The SMILES string of the molecule is CS(=O)c1nsc(OCC2=COC(C)(C)O2)n1. The van der Waals surface area contributed by atoms with Crippen LogP contribution in [0.15, 0.2) is 17.2 Å². The van der Waals surface area contributed by atoms with Crippen molar-refractivity contribution in [3.8, 4) is 5.19 Å². The topological polar surface area (TPSA) is 70.5 Å². The molecule has 94 valence electrons. The van der Waals surface area contributed by atoms with Crippen molar-refractivity contribution in [1.82, 2.24) is 9.36 Å². The molecule has 0 saturated heterocycles. The predicted octanol–water partition coefficient (Wildman–Crippen LogP) is 1.28. The molecule has 0 aromatic carbocycles. The van der Waals surface area contributed by atoms with Gasteiger partial charge in [-0.1, -0.05) is 0 Å². The zero-order chi connectivity index (χ0) is 12.5. The van der Waals surface area contributed by atoms with Crippen LogP contribution in [-0.4, -0.2) is 32.2 Å². The fourth-order valence-corrected chi connectivity index (χ4v) is 2.38. The van der Waals surface area contributed by atoms with Gasteiger partial charge in [-0.2, -0.15) is 9.36 Å². The predicted molar refractivity (Wildman–Crippen MR) is 62.1 cm³/mol. The Morgan fingerprint density at radius 3 is 2.88 bits per heavy atom. The Balaban J connectivity index is 1.88. The zero-order valence-electron chi connectivity index (χ0n) is 9.63. The summed E-state index contributed by atoms with van der Waals surface area (Å²) in [5, 5.41) is 0.646. The fourth-order valence-electron chi connectivity index (χ4n) is 1.14. The van der Waals surface area contributed by atoms with Crippen LogP contribution in [0, 0.1) is 0 Å². The van der Waals surface area contributed by atoms with Crippen molar-refractivity contribution in [2.24, 2.45) is 0 Å². The maximum atomic E-state index is 11.1. The molecule has 17 heavy (non-hydrogen) atoms. The zero-order valence-corrected chi connectivity index (χ0v) is 11.3. The summed E-state index contributed by atoms with van der Waals surface area (Å²) < 4.78 is 31.0. The molecule has 1 aromatic heterocycles. The lowest BCUT2D eigenvalue weighted by Gasteiger charge is -2.17. The number of hydrogen-bond donors (Lipinski definition) is 0. The van der Waals surface area contributed by atoms with Crippen LogP contribution in [0.4, 0.5) is 0 Å². The summed E-state index contributed by atoms with van der Waals surface area (Å²) in [7, 11) is -1.19. The van der Waals surface area contributed by atoms with Gasteiger partial charge in [0.1, 0.15) is 6.26 Å². The smallest absolute Gasteiger partial charge is 0.294 e. The third kappa shape index (κ3) is 3.16. The van der Waals surface area contributed by atoms with Crippen molar-refractivity contribution >= 4 is 22.3 Å². The van der Waals surface area contributed by atoms with Crippen LogP contribution in [-0.2, 0) is 20.3 Å². The molecule has 0 bridgehead atoms.